The van der Waals surface area contributed by atoms with E-state index in [0.717, 1.165) is 4.31 Å². The van der Waals surface area contributed by atoms with Gasteiger partial charge in [-0.05, 0) is 25.3 Å². The Balaban J connectivity index is 1.69. The third-order valence-corrected chi connectivity index (χ3v) is 7.40. The van der Waals surface area contributed by atoms with E-state index in [4.69, 9.17) is 5.41 Å². The average Bonchev–Trinajstić information content (AvgIpc) is 3.21. The summed E-state index contributed by atoms with van der Waals surface area (Å²) in [5, 5.41) is 27.7. The summed E-state index contributed by atoms with van der Waals surface area (Å²) in [5.74, 6) is -2.14. The topological polar surface area (TPSA) is 154 Å². The maximum Gasteiger partial charge on any atom is 0.352 e. The Morgan fingerprint density at radius 2 is 2.07 bits per heavy atom. The molecule has 3 heterocycles. The highest BCUT2D eigenvalue weighted by atomic mass is 32.2. The quantitative estimate of drug-likeness (QED) is 0.221. The molecule has 0 unspecified atom stereocenters. The highest BCUT2D eigenvalue weighted by molar-refractivity contribution is 7.87. The molecule has 0 aromatic heterocycles. The monoisotopic (exact) mass is 429 g/mol. The first kappa shape index (κ1) is 21.7. The van der Waals surface area contributed by atoms with E-state index in [2.05, 4.69) is 4.72 Å². The van der Waals surface area contributed by atoms with Crippen LogP contribution in [0.4, 0.5) is 0 Å². The molecule has 0 aromatic carbocycles. The maximum atomic E-state index is 12.3. The Labute approximate surface area is 169 Å². The molecule has 4 N–H and O–H groups in total. The number of amidine groups is 1. The Hall–Kier alpha value is -2.02. The van der Waals surface area contributed by atoms with Crippen molar-refractivity contribution in [1.29, 1.82) is 5.41 Å². The molecule has 162 valence electrons. The van der Waals surface area contributed by atoms with Crippen molar-refractivity contribution in [2.45, 2.75) is 31.9 Å². The lowest BCUT2D eigenvalue weighted by atomic mass is 9.82. The van der Waals surface area contributed by atoms with E-state index in [1.165, 1.54) is 25.9 Å². The number of amides is 1. The van der Waals surface area contributed by atoms with Gasteiger partial charge in [-0.2, -0.15) is 17.4 Å². The number of nitrogens with one attached hydrogen (secondary N) is 2. The number of carbonyl (C=O) groups excluding carboxylic acids is 1. The largest absolute Gasteiger partial charge is 0.477 e. The molecule has 11 nitrogen and oxygen atoms in total. The number of β-lactam (4-membered cyclic amide) rings is 1. The van der Waals surface area contributed by atoms with Gasteiger partial charge in [0.15, 0.2) is 0 Å². The molecule has 2 fully saturated rings. The van der Waals surface area contributed by atoms with E-state index in [-0.39, 0.29) is 35.9 Å². The van der Waals surface area contributed by atoms with E-state index in [1.54, 1.807) is 4.90 Å². The standard InChI is InChI=1S/C17H27N5O6S/c1-9(23)14-12-6-11(15(17(25)26)22(12)16(14)24)10-4-5-21(8-10)13(18)7-19-29(27,28)20(2)3/h9-10,12,14,18-19,23H,4-8H2,1-3H3,(H,25,26)/t9-,10-,12-,14-/m1/s1. The van der Waals surface area contributed by atoms with Crippen LogP contribution < -0.4 is 4.72 Å². The van der Waals surface area contributed by atoms with E-state index in [0.29, 0.717) is 31.5 Å². The third kappa shape index (κ3) is 3.77. The van der Waals surface area contributed by atoms with Crippen molar-refractivity contribution in [2.24, 2.45) is 11.8 Å². The zero-order valence-electron chi connectivity index (χ0n) is 16.6. The molecule has 0 bridgehead atoms. The summed E-state index contributed by atoms with van der Waals surface area (Å²) >= 11 is 0. The molecule has 3 aliphatic heterocycles. The molecular weight excluding hydrogens is 402 g/mol. The molecule has 1 amide bonds. The van der Waals surface area contributed by atoms with Crippen LogP contribution in [0.3, 0.4) is 0 Å². The number of rotatable bonds is 7. The lowest BCUT2D eigenvalue weighted by Crippen LogP contribution is -2.61. The first-order valence-electron chi connectivity index (χ1n) is 9.42. The summed E-state index contributed by atoms with van der Waals surface area (Å²) < 4.78 is 27.0. The lowest BCUT2D eigenvalue weighted by molar-refractivity contribution is -0.161. The average molecular weight is 429 g/mol. The summed E-state index contributed by atoms with van der Waals surface area (Å²) in [6, 6.07) is -0.330. The van der Waals surface area contributed by atoms with E-state index >= 15 is 0 Å². The van der Waals surface area contributed by atoms with Crippen LogP contribution in [0.25, 0.3) is 0 Å². The van der Waals surface area contributed by atoms with Crippen molar-refractivity contribution < 1.29 is 28.2 Å². The maximum absolute atomic E-state index is 12.3. The zero-order chi connectivity index (χ0) is 21.7. The second-order valence-corrected chi connectivity index (χ2v) is 9.88. The molecule has 3 aliphatic rings. The van der Waals surface area contributed by atoms with Crippen molar-refractivity contribution in [3.63, 3.8) is 0 Å². The van der Waals surface area contributed by atoms with Crippen molar-refractivity contribution in [1.82, 2.24) is 18.8 Å². The number of hydrogen-bond donors (Lipinski definition) is 4. The van der Waals surface area contributed by atoms with Crippen molar-refractivity contribution in [3.8, 4) is 0 Å². The number of carboxylic acids is 1. The highest BCUT2D eigenvalue weighted by Crippen LogP contribution is 2.47. The normalized spacial score (nSPS) is 28.0. The van der Waals surface area contributed by atoms with Gasteiger partial charge < -0.3 is 20.0 Å². The molecule has 0 saturated carbocycles. The molecular formula is C17H27N5O6S. The fraction of sp³-hybridized carbons (Fsp3) is 0.706. The van der Waals surface area contributed by atoms with Gasteiger partial charge in [-0.15, -0.1) is 0 Å². The van der Waals surface area contributed by atoms with Crippen LogP contribution in [0.2, 0.25) is 0 Å². The van der Waals surface area contributed by atoms with Crippen LogP contribution in [0.15, 0.2) is 11.3 Å². The number of aliphatic carboxylic acids is 1. The van der Waals surface area contributed by atoms with Gasteiger partial charge in [0.2, 0.25) is 5.91 Å². The second kappa shape index (κ2) is 7.67. The second-order valence-electron chi connectivity index (χ2n) is 7.91. The lowest BCUT2D eigenvalue weighted by Gasteiger charge is -2.44. The van der Waals surface area contributed by atoms with Crippen LogP contribution in [-0.4, -0.2) is 96.3 Å². The SMILES string of the molecule is C[C@@H](O)[C@H]1C(=O)N2C(C(=O)O)=C([C@@H]3CCN(C(=N)CNS(=O)(=O)N(C)C)C3)C[C@H]12. The van der Waals surface area contributed by atoms with Gasteiger partial charge in [-0.1, -0.05) is 0 Å². The van der Waals surface area contributed by atoms with E-state index in [1.807, 2.05) is 0 Å². The van der Waals surface area contributed by atoms with Gasteiger partial charge in [-0.3, -0.25) is 10.2 Å². The molecule has 4 atom stereocenters. The van der Waals surface area contributed by atoms with Gasteiger partial charge in [0.05, 0.1) is 24.6 Å². The first-order valence-corrected chi connectivity index (χ1v) is 10.9. The Kier molecular flexibility index (Phi) is 5.73. The molecule has 0 aliphatic carbocycles. The summed E-state index contributed by atoms with van der Waals surface area (Å²) in [6.45, 7) is 2.27. The highest BCUT2D eigenvalue weighted by Gasteiger charge is 2.57. The van der Waals surface area contributed by atoms with Gasteiger partial charge in [0.25, 0.3) is 10.2 Å². The predicted molar refractivity (Wildman–Crippen MR) is 103 cm³/mol. The van der Waals surface area contributed by atoms with E-state index in [9.17, 15) is 28.2 Å². The van der Waals surface area contributed by atoms with Crippen LogP contribution in [0.5, 0.6) is 0 Å². The number of aliphatic hydroxyl groups excluding tert-OH is 1. The zero-order valence-corrected chi connectivity index (χ0v) is 17.4. The van der Waals surface area contributed by atoms with Gasteiger partial charge in [0, 0.05) is 33.1 Å². The Morgan fingerprint density at radius 1 is 1.41 bits per heavy atom. The molecule has 29 heavy (non-hydrogen) atoms. The van der Waals surface area contributed by atoms with Crippen molar-refractivity contribution in [3.05, 3.63) is 11.3 Å². The fourth-order valence-corrected chi connectivity index (χ4v) is 4.93. The van der Waals surface area contributed by atoms with Crippen LogP contribution in [0, 0.1) is 17.2 Å². The van der Waals surface area contributed by atoms with Crippen molar-refractivity contribution in [2.75, 3.05) is 33.7 Å². The number of carboxylic acid groups (broad SMARTS) is 1. The molecule has 2 saturated heterocycles. The number of fused-ring (bicyclic) bond motifs is 1. The molecule has 0 aromatic rings. The minimum absolute atomic E-state index is 0.00333. The summed E-state index contributed by atoms with van der Waals surface area (Å²) in [4.78, 5) is 27.1. The minimum atomic E-state index is -3.64. The number of hydrogen-bond acceptors (Lipinski definition) is 6. The minimum Gasteiger partial charge on any atom is -0.477 e. The fourth-order valence-electron chi connectivity index (χ4n) is 4.36. The smallest absolute Gasteiger partial charge is 0.352 e. The van der Waals surface area contributed by atoms with Crippen LogP contribution in [-0.2, 0) is 19.8 Å². The van der Waals surface area contributed by atoms with Crippen molar-refractivity contribution >= 4 is 27.9 Å². The Bertz CT molecular complexity index is 868. The number of likely N-dealkylation sites (tertiary alicyclic amines) is 1. The summed E-state index contributed by atoms with van der Waals surface area (Å²) in [5.41, 5.74) is 0.673. The molecule has 12 heteroatoms. The predicted octanol–water partition coefficient (Wildman–Crippen LogP) is -1.37. The molecule has 3 rings (SSSR count). The van der Waals surface area contributed by atoms with Crippen LogP contribution in [0.1, 0.15) is 19.8 Å². The van der Waals surface area contributed by atoms with Crippen LogP contribution >= 0.6 is 0 Å². The molecule has 0 spiro atoms. The number of carbonyl (C=O) groups is 2. The van der Waals surface area contributed by atoms with Gasteiger partial charge in [0.1, 0.15) is 11.5 Å². The van der Waals surface area contributed by atoms with E-state index < -0.39 is 28.2 Å². The van der Waals surface area contributed by atoms with Gasteiger partial charge in [-0.25, -0.2) is 4.79 Å². The van der Waals surface area contributed by atoms with Gasteiger partial charge >= 0.3 is 5.97 Å². The number of nitrogens with zero attached hydrogens (tertiary/aromatic N) is 3. The summed E-state index contributed by atoms with van der Waals surface area (Å²) in [7, 11) is -0.854. The third-order valence-electron chi connectivity index (χ3n) is 5.93. The summed E-state index contributed by atoms with van der Waals surface area (Å²) in [6.07, 6.45) is 0.182. The Morgan fingerprint density at radius 3 is 2.62 bits per heavy atom. The molecule has 0 radical (unpaired) electrons. The number of aliphatic hydroxyl groups is 1. The first-order chi connectivity index (χ1) is 13.5.